The van der Waals surface area contributed by atoms with Crippen LogP contribution in [0.25, 0.3) is 0 Å². The predicted octanol–water partition coefficient (Wildman–Crippen LogP) is 1.52. The molecule has 5 N–H and O–H groups in total. The highest BCUT2D eigenvalue weighted by Gasteiger charge is 2.07. The second-order valence-electron chi connectivity index (χ2n) is 4.88. The molecule has 7 nitrogen and oxygen atoms in total. The van der Waals surface area contributed by atoms with E-state index in [0.717, 1.165) is 5.56 Å². The van der Waals surface area contributed by atoms with Gasteiger partial charge in [0.15, 0.2) is 5.11 Å². The predicted molar refractivity (Wildman–Crippen MR) is 94.3 cm³/mol. The first-order chi connectivity index (χ1) is 11.3. The standard InChI is InChI=1S/C15H15N3O4S2/c16-24(21,22)13-7-5-12(6-8-13)18-15(23)17-9-10-1-3-11(4-2-10)14(19)20/h1-8H,9H2,(H,19,20)(H2,16,21,22)(H2,17,18,23). The van der Waals surface area contributed by atoms with Gasteiger partial charge in [-0.05, 0) is 54.2 Å². The van der Waals surface area contributed by atoms with Crippen molar-refractivity contribution in [2.75, 3.05) is 5.32 Å². The number of nitrogens with two attached hydrogens (primary N) is 1. The summed E-state index contributed by atoms with van der Waals surface area (Å²) >= 11 is 5.15. The quantitative estimate of drug-likeness (QED) is 0.593. The number of rotatable bonds is 5. The van der Waals surface area contributed by atoms with E-state index in [0.29, 0.717) is 17.3 Å². The number of aromatic carboxylic acids is 1. The Morgan fingerprint density at radius 3 is 2.17 bits per heavy atom. The fourth-order valence-corrected chi connectivity index (χ4v) is 2.56. The van der Waals surface area contributed by atoms with Crippen molar-refractivity contribution in [1.29, 1.82) is 0 Å². The molecule has 2 aromatic carbocycles. The molecule has 9 heteroatoms. The summed E-state index contributed by atoms with van der Waals surface area (Å²) < 4.78 is 22.3. The van der Waals surface area contributed by atoms with Gasteiger partial charge in [-0.1, -0.05) is 12.1 Å². The highest BCUT2D eigenvalue weighted by molar-refractivity contribution is 7.89. The second-order valence-corrected chi connectivity index (χ2v) is 6.85. The molecular weight excluding hydrogens is 350 g/mol. The summed E-state index contributed by atoms with van der Waals surface area (Å²) in [5.74, 6) is -0.977. The van der Waals surface area contributed by atoms with E-state index in [9.17, 15) is 13.2 Å². The van der Waals surface area contributed by atoms with Crippen LogP contribution in [-0.4, -0.2) is 24.6 Å². The molecular formula is C15H15N3O4S2. The monoisotopic (exact) mass is 365 g/mol. The molecule has 0 atom stereocenters. The van der Waals surface area contributed by atoms with Gasteiger partial charge in [0.25, 0.3) is 0 Å². The first kappa shape index (κ1) is 17.9. The Bertz CT molecular complexity index is 847. The molecule has 0 amide bonds. The van der Waals surface area contributed by atoms with Crippen LogP contribution in [0.3, 0.4) is 0 Å². The summed E-state index contributed by atoms with van der Waals surface area (Å²) in [6, 6.07) is 12.3. The summed E-state index contributed by atoms with van der Waals surface area (Å²) in [4.78, 5) is 10.8. The molecule has 0 spiro atoms. The number of primary sulfonamides is 1. The van der Waals surface area contributed by atoms with E-state index >= 15 is 0 Å². The van der Waals surface area contributed by atoms with Crippen LogP contribution in [0.2, 0.25) is 0 Å². The van der Waals surface area contributed by atoms with Gasteiger partial charge in [0.1, 0.15) is 0 Å². The Morgan fingerprint density at radius 1 is 1.08 bits per heavy atom. The van der Waals surface area contributed by atoms with Gasteiger partial charge in [0, 0.05) is 12.2 Å². The van der Waals surface area contributed by atoms with E-state index in [1.807, 2.05) is 0 Å². The minimum Gasteiger partial charge on any atom is -0.478 e. The summed E-state index contributed by atoms with van der Waals surface area (Å²) in [7, 11) is -3.72. The molecule has 0 aromatic heterocycles. The van der Waals surface area contributed by atoms with Gasteiger partial charge in [0.05, 0.1) is 10.5 Å². The Hall–Kier alpha value is -2.49. The van der Waals surface area contributed by atoms with Crippen molar-refractivity contribution in [1.82, 2.24) is 5.32 Å². The van der Waals surface area contributed by atoms with Gasteiger partial charge in [0.2, 0.25) is 10.0 Å². The Labute approximate surface area is 144 Å². The van der Waals surface area contributed by atoms with E-state index in [1.165, 1.54) is 24.3 Å². The highest BCUT2D eigenvalue weighted by Crippen LogP contribution is 2.12. The van der Waals surface area contributed by atoms with E-state index in [4.69, 9.17) is 22.5 Å². The van der Waals surface area contributed by atoms with E-state index in [1.54, 1.807) is 24.3 Å². The molecule has 24 heavy (non-hydrogen) atoms. The molecule has 0 aliphatic carbocycles. The van der Waals surface area contributed by atoms with Crippen LogP contribution in [-0.2, 0) is 16.6 Å². The zero-order valence-corrected chi connectivity index (χ0v) is 14.0. The van der Waals surface area contributed by atoms with Crippen molar-refractivity contribution in [2.24, 2.45) is 5.14 Å². The van der Waals surface area contributed by atoms with Gasteiger partial charge < -0.3 is 15.7 Å². The Balaban J connectivity index is 1.90. The van der Waals surface area contributed by atoms with E-state index < -0.39 is 16.0 Å². The van der Waals surface area contributed by atoms with Crippen molar-refractivity contribution < 1.29 is 18.3 Å². The first-order valence-corrected chi connectivity index (χ1v) is 8.71. The molecule has 0 saturated heterocycles. The van der Waals surface area contributed by atoms with Crippen LogP contribution in [0, 0.1) is 0 Å². The number of hydrogen-bond donors (Lipinski definition) is 4. The number of carboxylic acids is 1. The first-order valence-electron chi connectivity index (χ1n) is 6.75. The largest absolute Gasteiger partial charge is 0.478 e. The smallest absolute Gasteiger partial charge is 0.335 e. The minimum absolute atomic E-state index is 0.0189. The van der Waals surface area contributed by atoms with E-state index in [2.05, 4.69) is 10.6 Å². The molecule has 126 valence electrons. The fourth-order valence-electron chi connectivity index (χ4n) is 1.85. The fraction of sp³-hybridized carbons (Fsp3) is 0.0667. The maximum atomic E-state index is 11.2. The van der Waals surface area contributed by atoms with Crippen LogP contribution in [0.4, 0.5) is 5.69 Å². The lowest BCUT2D eigenvalue weighted by Gasteiger charge is -2.11. The molecule has 2 rings (SSSR count). The average molecular weight is 365 g/mol. The lowest BCUT2D eigenvalue weighted by atomic mass is 10.1. The highest BCUT2D eigenvalue weighted by atomic mass is 32.2. The lowest BCUT2D eigenvalue weighted by Crippen LogP contribution is -2.27. The number of anilines is 1. The minimum atomic E-state index is -3.72. The van der Waals surface area contributed by atoms with Crippen molar-refractivity contribution >= 4 is 39.0 Å². The maximum absolute atomic E-state index is 11.2. The maximum Gasteiger partial charge on any atom is 0.335 e. The van der Waals surface area contributed by atoms with Gasteiger partial charge in [-0.25, -0.2) is 18.4 Å². The lowest BCUT2D eigenvalue weighted by molar-refractivity contribution is 0.0697. The topological polar surface area (TPSA) is 122 Å². The van der Waals surface area contributed by atoms with Gasteiger partial charge in [-0.2, -0.15) is 0 Å². The third kappa shape index (κ3) is 5.01. The summed E-state index contributed by atoms with van der Waals surface area (Å²) in [6.45, 7) is 0.418. The molecule has 2 aromatic rings. The summed E-state index contributed by atoms with van der Waals surface area (Å²) in [6.07, 6.45) is 0. The van der Waals surface area contributed by atoms with Crippen LogP contribution >= 0.6 is 12.2 Å². The second kappa shape index (κ2) is 7.39. The zero-order chi connectivity index (χ0) is 17.7. The molecule has 0 radical (unpaired) electrons. The van der Waals surface area contributed by atoms with Crippen molar-refractivity contribution in [2.45, 2.75) is 11.4 Å². The normalized spacial score (nSPS) is 10.9. The number of carboxylic acid groups (broad SMARTS) is 1. The summed E-state index contributed by atoms with van der Waals surface area (Å²) in [5.41, 5.74) is 1.70. The number of thiocarbonyl (C=S) groups is 1. The molecule has 0 bridgehead atoms. The van der Waals surface area contributed by atoms with Crippen molar-refractivity contribution in [3.63, 3.8) is 0 Å². The SMILES string of the molecule is NS(=O)(=O)c1ccc(NC(=S)NCc2ccc(C(=O)O)cc2)cc1. The number of carbonyl (C=O) groups is 1. The summed E-state index contributed by atoms with van der Waals surface area (Å²) in [5, 5.41) is 20.1. The van der Waals surface area contributed by atoms with Crippen LogP contribution in [0.1, 0.15) is 15.9 Å². The van der Waals surface area contributed by atoms with Crippen LogP contribution in [0.15, 0.2) is 53.4 Å². The molecule has 0 aliphatic rings. The number of benzene rings is 2. The Kier molecular flexibility index (Phi) is 5.50. The van der Waals surface area contributed by atoms with Crippen molar-refractivity contribution in [3.05, 3.63) is 59.7 Å². The number of hydrogen-bond acceptors (Lipinski definition) is 4. The molecule has 0 aliphatic heterocycles. The average Bonchev–Trinajstić information content (AvgIpc) is 2.53. The number of nitrogens with one attached hydrogen (secondary N) is 2. The number of sulfonamides is 1. The van der Waals surface area contributed by atoms with Crippen molar-refractivity contribution in [3.8, 4) is 0 Å². The van der Waals surface area contributed by atoms with Gasteiger partial charge >= 0.3 is 5.97 Å². The van der Waals surface area contributed by atoms with Gasteiger partial charge in [-0.15, -0.1) is 0 Å². The van der Waals surface area contributed by atoms with Crippen LogP contribution in [0.5, 0.6) is 0 Å². The third-order valence-electron chi connectivity index (χ3n) is 3.09. The van der Waals surface area contributed by atoms with Gasteiger partial charge in [-0.3, -0.25) is 0 Å². The zero-order valence-electron chi connectivity index (χ0n) is 12.4. The molecule has 0 saturated carbocycles. The Morgan fingerprint density at radius 2 is 1.67 bits per heavy atom. The third-order valence-corrected chi connectivity index (χ3v) is 4.27. The molecule has 0 fully saturated rings. The molecule has 0 heterocycles. The molecule has 0 unspecified atom stereocenters. The van der Waals surface area contributed by atoms with E-state index in [-0.39, 0.29) is 10.5 Å². The van der Waals surface area contributed by atoms with Crippen LogP contribution < -0.4 is 15.8 Å².